The van der Waals surface area contributed by atoms with Crippen molar-refractivity contribution in [3.63, 3.8) is 0 Å². The predicted octanol–water partition coefficient (Wildman–Crippen LogP) is 3.02. The van der Waals surface area contributed by atoms with E-state index in [1.807, 2.05) is 18.7 Å². The van der Waals surface area contributed by atoms with E-state index in [1.54, 1.807) is 0 Å². The van der Waals surface area contributed by atoms with Gasteiger partial charge in [0.15, 0.2) is 0 Å². The monoisotopic (exact) mass is 303 g/mol. The number of benzene rings is 1. The fraction of sp³-hybridized carbons (Fsp3) is 0.500. The van der Waals surface area contributed by atoms with Gasteiger partial charge in [-0.3, -0.25) is 0 Å². The molecular weight excluding hydrogens is 287 g/mol. The van der Waals surface area contributed by atoms with E-state index >= 15 is 0 Å². The number of aromatic carboxylic acids is 1. The second-order valence-corrected chi connectivity index (χ2v) is 5.18. The summed E-state index contributed by atoms with van der Waals surface area (Å²) in [7, 11) is 0. The van der Waals surface area contributed by atoms with Crippen LogP contribution in [0.4, 0.5) is 18.9 Å². The number of alkyl halides is 3. The number of carboxylic acid groups (broad SMARTS) is 1. The Bertz CT molecular complexity index is 545. The molecule has 0 saturated carbocycles. The molecule has 1 N–H and O–H groups in total. The van der Waals surface area contributed by atoms with Gasteiger partial charge in [-0.05, 0) is 32.0 Å². The number of hydrogen-bond donors (Lipinski definition) is 1. The van der Waals surface area contributed by atoms with E-state index in [0.29, 0.717) is 18.8 Å². The number of halogens is 3. The maximum absolute atomic E-state index is 12.8. The minimum atomic E-state index is -4.68. The van der Waals surface area contributed by atoms with E-state index in [0.717, 1.165) is 12.1 Å². The largest absolute Gasteiger partial charge is 0.478 e. The molecule has 1 aromatic rings. The number of anilines is 1. The van der Waals surface area contributed by atoms with Crippen molar-refractivity contribution in [2.45, 2.75) is 32.2 Å². The number of hydrogen-bond acceptors (Lipinski definition) is 3. The molecule has 116 valence electrons. The first-order valence-corrected chi connectivity index (χ1v) is 6.53. The Kier molecular flexibility index (Phi) is 4.13. The first kappa shape index (κ1) is 15.6. The summed E-state index contributed by atoms with van der Waals surface area (Å²) in [5, 5.41) is 9.03. The molecule has 1 aromatic carbocycles. The second-order valence-electron chi connectivity index (χ2n) is 5.18. The van der Waals surface area contributed by atoms with Crippen LogP contribution >= 0.6 is 0 Å². The van der Waals surface area contributed by atoms with Gasteiger partial charge in [0.1, 0.15) is 0 Å². The van der Waals surface area contributed by atoms with Crippen LogP contribution in [0.5, 0.6) is 0 Å². The summed E-state index contributed by atoms with van der Waals surface area (Å²) in [6.07, 6.45) is -4.74. The predicted molar refractivity (Wildman–Crippen MR) is 70.6 cm³/mol. The summed E-state index contributed by atoms with van der Waals surface area (Å²) >= 11 is 0. The highest BCUT2D eigenvalue weighted by Gasteiger charge is 2.36. The zero-order valence-corrected chi connectivity index (χ0v) is 11.6. The Morgan fingerprint density at radius 1 is 1.38 bits per heavy atom. The Morgan fingerprint density at radius 3 is 2.62 bits per heavy atom. The molecule has 0 aliphatic carbocycles. The molecule has 1 aliphatic heterocycles. The normalized spacial score (nSPS) is 23.2. The molecule has 21 heavy (non-hydrogen) atoms. The molecule has 2 unspecified atom stereocenters. The highest BCUT2D eigenvalue weighted by Crippen LogP contribution is 2.34. The molecule has 4 nitrogen and oxygen atoms in total. The number of morpholine rings is 1. The quantitative estimate of drug-likeness (QED) is 0.912. The zero-order valence-electron chi connectivity index (χ0n) is 11.6. The van der Waals surface area contributed by atoms with Crippen LogP contribution in [-0.2, 0) is 10.9 Å². The molecule has 1 aliphatic rings. The van der Waals surface area contributed by atoms with Gasteiger partial charge < -0.3 is 14.7 Å². The summed E-state index contributed by atoms with van der Waals surface area (Å²) < 4.78 is 43.9. The van der Waals surface area contributed by atoms with E-state index in [1.165, 1.54) is 6.07 Å². The number of carboxylic acids is 1. The number of carbonyl (C=O) groups is 1. The molecule has 0 amide bonds. The van der Waals surface area contributed by atoms with Crippen LogP contribution in [-0.4, -0.2) is 36.4 Å². The average molecular weight is 303 g/mol. The standard InChI is InChI=1S/C14H16F3NO3/c1-8-7-21-9(2)6-18(8)10-3-4-12(14(15,16)17)11(5-10)13(19)20/h3-5,8-9H,6-7H2,1-2H3,(H,19,20). The van der Waals surface area contributed by atoms with E-state index in [9.17, 15) is 18.0 Å². The first-order chi connectivity index (χ1) is 9.70. The maximum Gasteiger partial charge on any atom is 0.417 e. The van der Waals surface area contributed by atoms with Crippen molar-refractivity contribution in [2.24, 2.45) is 0 Å². The topological polar surface area (TPSA) is 49.8 Å². The molecular formula is C14H16F3NO3. The summed E-state index contributed by atoms with van der Waals surface area (Å²) in [5.41, 5.74) is -1.40. The van der Waals surface area contributed by atoms with Crippen molar-refractivity contribution < 1.29 is 27.8 Å². The van der Waals surface area contributed by atoms with Crippen LogP contribution in [0.25, 0.3) is 0 Å². The molecule has 0 aromatic heterocycles. The lowest BCUT2D eigenvalue weighted by Gasteiger charge is -2.38. The Morgan fingerprint density at radius 2 is 2.05 bits per heavy atom. The lowest BCUT2D eigenvalue weighted by Crippen LogP contribution is -2.47. The third-order valence-corrected chi connectivity index (χ3v) is 3.48. The van der Waals surface area contributed by atoms with Crippen LogP contribution in [0.2, 0.25) is 0 Å². The van der Waals surface area contributed by atoms with Gasteiger partial charge in [-0.15, -0.1) is 0 Å². The molecule has 1 heterocycles. The van der Waals surface area contributed by atoms with E-state index < -0.39 is 23.3 Å². The smallest absolute Gasteiger partial charge is 0.417 e. The van der Waals surface area contributed by atoms with Crippen LogP contribution in [0.1, 0.15) is 29.8 Å². The van der Waals surface area contributed by atoms with Gasteiger partial charge in [0.2, 0.25) is 0 Å². The fourth-order valence-electron chi connectivity index (χ4n) is 2.40. The van der Waals surface area contributed by atoms with Crippen molar-refractivity contribution in [2.75, 3.05) is 18.1 Å². The van der Waals surface area contributed by atoms with Crippen LogP contribution in [0, 0.1) is 0 Å². The van der Waals surface area contributed by atoms with E-state index in [4.69, 9.17) is 9.84 Å². The molecule has 2 atom stereocenters. The van der Waals surface area contributed by atoms with Gasteiger partial charge >= 0.3 is 12.1 Å². The van der Waals surface area contributed by atoms with Gasteiger partial charge in [0, 0.05) is 18.3 Å². The average Bonchev–Trinajstić information content (AvgIpc) is 2.39. The Balaban J connectivity index is 2.42. The third kappa shape index (κ3) is 3.29. The van der Waals surface area contributed by atoms with E-state index in [2.05, 4.69) is 0 Å². The Hall–Kier alpha value is -1.76. The molecule has 0 spiro atoms. The van der Waals surface area contributed by atoms with Crippen molar-refractivity contribution in [1.82, 2.24) is 0 Å². The van der Waals surface area contributed by atoms with Crippen molar-refractivity contribution >= 4 is 11.7 Å². The van der Waals surface area contributed by atoms with Crippen LogP contribution in [0.3, 0.4) is 0 Å². The summed E-state index contributed by atoms with van der Waals surface area (Å²) in [6, 6.07) is 3.19. The molecule has 0 radical (unpaired) electrons. The maximum atomic E-state index is 12.8. The summed E-state index contributed by atoms with van der Waals surface area (Å²) in [4.78, 5) is 13.0. The SMILES string of the molecule is CC1CN(c2ccc(C(F)(F)F)c(C(=O)O)c2)C(C)CO1. The minimum absolute atomic E-state index is 0.0282. The molecule has 0 bridgehead atoms. The fourth-order valence-corrected chi connectivity index (χ4v) is 2.40. The summed E-state index contributed by atoms with van der Waals surface area (Å²) in [6.45, 7) is 4.70. The van der Waals surface area contributed by atoms with Crippen LogP contribution in [0.15, 0.2) is 18.2 Å². The lowest BCUT2D eigenvalue weighted by molar-refractivity contribution is -0.138. The van der Waals surface area contributed by atoms with Gasteiger partial charge in [-0.25, -0.2) is 4.79 Å². The molecule has 2 rings (SSSR count). The van der Waals surface area contributed by atoms with Gasteiger partial charge in [0.05, 0.1) is 23.8 Å². The Labute approximate surface area is 120 Å². The first-order valence-electron chi connectivity index (χ1n) is 6.53. The van der Waals surface area contributed by atoms with E-state index in [-0.39, 0.29) is 12.1 Å². The third-order valence-electron chi connectivity index (χ3n) is 3.48. The molecule has 7 heteroatoms. The van der Waals surface area contributed by atoms with Crippen molar-refractivity contribution in [3.05, 3.63) is 29.3 Å². The van der Waals surface area contributed by atoms with Gasteiger partial charge in [0.25, 0.3) is 0 Å². The molecule has 1 fully saturated rings. The highest BCUT2D eigenvalue weighted by atomic mass is 19.4. The number of rotatable bonds is 2. The number of nitrogens with zero attached hydrogens (tertiary/aromatic N) is 1. The van der Waals surface area contributed by atoms with Crippen molar-refractivity contribution in [3.8, 4) is 0 Å². The van der Waals surface area contributed by atoms with Crippen LogP contribution < -0.4 is 4.90 Å². The second kappa shape index (κ2) is 5.55. The van der Waals surface area contributed by atoms with Gasteiger partial charge in [-0.2, -0.15) is 13.2 Å². The minimum Gasteiger partial charge on any atom is -0.478 e. The van der Waals surface area contributed by atoms with Crippen molar-refractivity contribution in [1.29, 1.82) is 0 Å². The number of ether oxygens (including phenoxy) is 1. The lowest BCUT2D eigenvalue weighted by atomic mass is 10.0. The highest BCUT2D eigenvalue weighted by molar-refractivity contribution is 5.91. The molecule has 1 saturated heterocycles. The summed E-state index contributed by atoms with van der Waals surface area (Å²) in [5.74, 6) is -1.59. The van der Waals surface area contributed by atoms with Gasteiger partial charge in [-0.1, -0.05) is 0 Å². The zero-order chi connectivity index (χ0) is 15.8.